The number of aliphatic hydroxyl groups is 2. The molecule has 0 radical (unpaired) electrons. The van der Waals surface area contributed by atoms with Crippen LogP contribution in [-0.2, 0) is 0 Å². The lowest BCUT2D eigenvalue weighted by molar-refractivity contribution is 0.105. The van der Waals surface area contributed by atoms with E-state index in [9.17, 15) is 10.2 Å². The molecule has 148 valence electrons. The second-order valence-corrected chi connectivity index (χ2v) is 8.00. The highest BCUT2D eigenvalue weighted by Gasteiger charge is 2.14. The van der Waals surface area contributed by atoms with Crippen LogP contribution in [0.4, 0.5) is 5.82 Å². The first kappa shape index (κ1) is 19.4. The zero-order valence-corrected chi connectivity index (χ0v) is 16.8. The zero-order valence-electron chi connectivity index (χ0n) is 16.0. The fourth-order valence-electron chi connectivity index (χ4n) is 3.30. The van der Waals surface area contributed by atoms with Gasteiger partial charge in [0.2, 0.25) is 0 Å². The molecule has 0 saturated carbocycles. The molecular formula is C23H22N2O3S. The average Bonchev–Trinajstić information content (AvgIpc) is 3.08. The highest BCUT2D eigenvalue weighted by atomic mass is 32.1. The van der Waals surface area contributed by atoms with Crippen LogP contribution in [0.3, 0.4) is 0 Å². The van der Waals surface area contributed by atoms with Crippen LogP contribution in [0.25, 0.3) is 31.8 Å². The van der Waals surface area contributed by atoms with Crippen molar-refractivity contribution in [2.24, 2.45) is 0 Å². The Balaban J connectivity index is 1.83. The Morgan fingerprint density at radius 3 is 2.62 bits per heavy atom. The van der Waals surface area contributed by atoms with E-state index in [1.165, 1.54) is 15.6 Å². The minimum absolute atomic E-state index is 0.179. The molecular weight excluding hydrogens is 384 g/mol. The number of aryl methyl sites for hydroxylation is 1. The average molecular weight is 407 g/mol. The molecule has 2 heterocycles. The second kappa shape index (κ2) is 8.21. The number of hydrogen-bond acceptors (Lipinski definition) is 6. The summed E-state index contributed by atoms with van der Waals surface area (Å²) in [5.41, 5.74) is 3.74. The van der Waals surface area contributed by atoms with E-state index >= 15 is 0 Å². The Hall–Kier alpha value is -2.93. The maximum absolute atomic E-state index is 9.88. The number of nitrogens with zero attached hydrogens (tertiary/aromatic N) is 1. The van der Waals surface area contributed by atoms with Crippen molar-refractivity contribution in [3.05, 3.63) is 66.2 Å². The van der Waals surface area contributed by atoms with Gasteiger partial charge in [-0.3, -0.25) is 0 Å². The fraction of sp³-hybridized carbons (Fsp3) is 0.174. The zero-order chi connectivity index (χ0) is 20.4. The maximum Gasteiger partial charge on any atom is 0.127 e. The molecule has 2 aromatic carbocycles. The molecule has 0 saturated heterocycles. The molecule has 1 unspecified atom stereocenters. The van der Waals surface area contributed by atoms with Gasteiger partial charge in [-0.05, 0) is 53.8 Å². The fourth-order valence-corrected chi connectivity index (χ4v) is 4.50. The van der Waals surface area contributed by atoms with Gasteiger partial charge in [-0.2, -0.15) is 0 Å². The van der Waals surface area contributed by atoms with Crippen molar-refractivity contribution in [2.45, 2.75) is 13.0 Å². The summed E-state index contributed by atoms with van der Waals surface area (Å²) in [5.74, 6) is 0.781. The van der Waals surface area contributed by atoms with Crippen molar-refractivity contribution in [1.29, 1.82) is 0 Å². The number of fused-ring (bicyclic) bond motifs is 1. The largest absolute Gasteiger partial charge is 0.508 e. The van der Waals surface area contributed by atoms with Crippen LogP contribution in [-0.4, -0.2) is 39.6 Å². The Morgan fingerprint density at radius 2 is 1.86 bits per heavy atom. The molecule has 0 bridgehead atoms. The second-order valence-electron chi connectivity index (χ2n) is 6.95. The molecule has 4 rings (SSSR count). The van der Waals surface area contributed by atoms with Crippen LogP contribution in [0, 0.1) is 6.92 Å². The summed E-state index contributed by atoms with van der Waals surface area (Å²) in [6.45, 7) is 1.99. The van der Waals surface area contributed by atoms with Crippen LogP contribution >= 0.6 is 11.3 Å². The Kier molecular flexibility index (Phi) is 5.49. The van der Waals surface area contributed by atoms with E-state index in [0.717, 1.165) is 21.7 Å². The third kappa shape index (κ3) is 4.10. The first-order valence-corrected chi connectivity index (χ1v) is 10.2. The van der Waals surface area contributed by atoms with E-state index in [2.05, 4.69) is 29.4 Å². The summed E-state index contributed by atoms with van der Waals surface area (Å²) < 4.78 is 1.22. The predicted octanol–water partition coefficient (Wildman–Crippen LogP) is 4.41. The van der Waals surface area contributed by atoms with Gasteiger partial charge < -0.3 is 20.6 Å². The standard InChI is InChI=1S/C23H22N2O3S/c1-14-19-7-2-3-8-21(19)29-23(14)16-10-20(15-5-4-6-17(27)9-15)25-22(11-16)24-12-18(28)13-26/h2-11,18,26-28H,12-13H2,1H3,(H,24,25). The lowest BCUT2D eigenvalue weighted by Crippen LogP contribution is -2.23. The lowest BCUT2D eigenvalue weighted by Gasteiger charge is -2.13. The topological polar surface area (TPSA) is 85.6 Å². The van der Waals surface area contributed by atoms with E-state index in [1.807, 2.05) is 30.3 Å². The molecule has 6 heteroatoms. The molecule has 0 fully saturated rings. The van der Waals surface area contributed by atoms with Crippen LogP contribution in [0.15, 0.2) is 60.7 Å². The minimum Gasteiger partial charge on any atom is -0.508 e. The van der Waals surface area contributed by atoms with Crippen LogP contribution in [0.5, 0.6) is 5.75 Å². The quantitative estimate of drug-likeness (QED) is 0.381. The molecule has 5 nitrogen and oxygen atoms in total. The van der Waals surface area contributed by atoms with E-state index in [1.54, 1.807) is 29.5 Å². The lowest BCUT2D eigenvalue weighted by atomic mass is 10.0. The number of phenols is 1. The van der Waals surface area contributed by atoms with Gasteiger partial charge in [-0.1, -0.05) is 30.3 Å². The van der Waals surface area contributed by atoms with Crippen molar-refractivity contribution in [2.75, 3.05) is 18.5 Å². The minimum atomic E-state index is -0.865. The first-order valence-electron chi connectivity index (χ1n) is 9.38. The number of benzene rings is 2. The van der Waals surface area contributed by atoms with Crippen LogP contribution in [0.2, 0.25) is 0 Å². The van der Waals surface area contributed by atoms with Gasteiger partial charge in [-0.25, -0.2) is 4.98 Å². The third-order valence-corrected chi connectivity index (χ3v) is 6.12. The van der Waals surface area contributed by atoms with Crippen LogP contribution in [0.1, 0.15) is 5.56 Å². The molecule has 2 aromatic heterocycles. The number of phenolic OH excluding ortho intramolecular Hbond substituents is 1. The number of aliphatic hydroxyl groups excluding tert-OH is 2. The molecule has 0 aliphatic carbocycles. The third-order valence-electron chi connectivity index (χ3n) is 4.80. The molecule has 0 amide bonds. The van der Waals surface area contributed by atoms with E-state index < -0.39 is 6.10 Å². The first-order chi connectivity index (χ1) is 14.0. The Labute approximate surface area is 172 Å². The summed E-state index contributed by atoms with van der Waals surface area (Å²) in [7, 11) is 0. The van der Waals surface area contributed by atoms with Gasteiger partial charge in [0.15, 0.2) is 0 Å². The van der Waals surface area contributed by atoms with Gasteiger partial charge in [0.25, 0.3) is 0 Å². The maximum atomic E-state index is 9.88. The number of nitrogens with one attached hydrogen (secondary N) is 1. The van der Waals surface area contributed by atoms with Gasteiger partial charge >= 0.3 is 0 Å². The number of pyridine rings is 1. The number of aromatic hydroxyl groups is 1. The monoisotopic (exact) mass is 406 g/mol. The number of hydrogen-bond donors (Lipinski definition) is 4. The van der Waals surface area contributed by atoms with Crippen molar-refractivity contribution >= 4 is 27.2 Å². The van der Waals surface area contributed by atoms with Crippen molar-refractivity contribution in [3.8, 4) is 27.4 Å². The Morgan fingerprint density at radius 1 is 1.03 bits per heavy atom. The highest BCUT2D eigenvalue weighted by molar-refractivity contribution is 7.22. The summed E-state index contributed by atoms with van der Waals surface area (Å²) >= 11 is 1.73. The van der Waals surface area contributed by atoms with E-state index in [0.29, 0.717) is 5.82 Å². The summed E-state index contributed by atoms with van der Waals surface area (Å²) in [6, 6.07) is 19.3. The summed E-state index contributed by atoms with van der Waals surface area (Å²) in [5, 5.41) is 33.0. The smallest absolute Gasteiger partial charge is 0.127 e. The van der Waals surface area contributed by atoms with Crippen molar-refractivity contribution < 1.29 is 15.3 Å². The number of anilines is 1. The summed E-state index contributed by atoms with van der Waals surface area (Å²) in [6.07, 6.45) is -0.865. The molecule has 1 atom stereocenters. The Bertz CT molecular complexity index is 1160. The molecule has 0 spiro atoms. The van der Waals surface area contributed by atoms with Gasteiger partial charge in [-0.15, -0.1) is 11.3 Å². The molecule has 29 heavy (non-hydrogen) atoms. The number of aromatic nitrogens is 1. The van der Waals surface area contributed by atoms with E-state index in [-0.39, 0.29) is 18.9 Å². The van der Waals surface area contributed by atoms with Gasteiger partial charge in [0, 0.05) is 21.7 Å². The SMILES string of the molecule is Cc1c(-c2cc(NCC(O)CO)nc(-c3cccc(O)c3)c2)sc2ccccc12. The van der Waals surface area contributed by atoms with Crippen molar-refractivity contribution in [3.63, 3.8) is 0 Å². The van der Waals surface area contributed by atoms with E-state index in [4.69, 9.17) is 5.11 Å². The molecule has 4 N–H and O–H groups in total. The normalized spacial score (nSPS) is 12.2. The highest BCUT2D eigenvalue weighted by Crippen LogP contribution is 2.40. The molecule has 0 aliphatic rings. The predicted molar refractivity (Wildman–Crippen MR) is 118 cm³/mol. The molecule has 4 aromatic rings. The van der Waals surface area contributed by atoms with Crippen LogP contribution < -0.4 is 5.32 Å². The van der Waals surface area contributed by atoms with Crippen molar-refractivity contribution in [1.82, 2.24) is 4.98 Å². The number of rotatable bonds is 6. The summed E-state index contributed by atoms with van der Waals surface area (Å²) in [4.78, 5) is 5.80. The number of thiophene rings is 1. The van der Waals surface area contributed by atoms with Gasteiger partial charge in [0.05, 0.1) is 18.4 Å². The van der Waals surface area contributed by atoms with Gasteiger partial charge in [0.1, 0.15) is 11.6 Å². The molecule has 0 aliphatic heterocycles.